The summed E-state index contributed by atoms with van der Waals surface area (Å²) in [6.07, 6.45) is 0.177. The lowest BCUT2D eigenvalue weighted by atomic mass is 10.0. The lowest BCUT2D eigenvalue weighted by molar-refractivity contribution is -0.117. The molecule has 6 heteroatoms. The van der Waals surface area contributed by atoms with E-state index in [4.69, 9.17) is 4.52 Å². The number of hydrogen-bond acceptors (Lipinski definition) is 5. The summed E-state index contributed by atoms with van der Waals surface area (Å²) in [6, 6.07) is 7.85. The van der Waals surface area contributed by atoms with Crippen LogP contribution in [0.5, 0.6) is 0 Å². The first kappa shape index (κ1) is 17.6. The standard InChI is InChI=1S/C19H25N3O3/c1-12-4-5-17(13(2)6-12)20-19(24)11-22-9-15(18(23)10-22)8-16-7-14(3)21-25-16/h4-7,15,18,23H,8-11H2,1-3H3,(H,20,24)/t15-,18-/m1/s1. The third-order valence-electron chi connectivity index (χ3n) is 4.65. The summed E-state index contributed by atoms with van der Waals surface area (Å²) in [6.45, 7) is 7.33. The van der Waals surface area contributed by atoms with Gasteiger partial charge >= 0.3 is 0 Å². The predicted octanol–water partition coefficient (Wildman–Crippen LogP) is 2.07. The zero-order chi connectivity index (χ0) is 18.0. The lowest BCUT2D eigenvalue weighted by Gasteiger charge is -2.16. The number of nitrogens with one attached hydrogen (secondary N) is 1. The summed E-state index contributed by atoms with van der Waals surface area (Å²) in [4.78, 5) is 14.3. The molecule has 0 saturated carbocycles. The van der Waals surface area contributed by atoms with Gasteiger partial charge in [0.1, 0.15) is 5.76 Å². The number of carbonyl (C=O) groups is 1. The second-order valence-electron chi connectivity index (χ2n) is 7.03. The first-order chi connectivity index (χ1) is 11.9. The van der Waals surface area contributed by atoms with Crippen LogP contribution in [0.2, 0.25) is 0 Å². The summed E-state index contributed by atoms with van der Waals surface area (Å²) in [5.41, 5.74) is 3.90. The van der Waals surface area contributed by atoms with Crippen molar-refractivity contribution < 1.29 is 14.4 Å². The van der Waals surface area contributed by atoms with Crippen molar-refractivity contribution in [1.29, 1.82) is 0 Å². The first-order valence-electron chi connectivity index (χ1n) is 8.60. The molecule has 1 aliphatic rings. The molecule has 1 amide bonds. The van der Waals surface area contributed by atoms with Crippen LogP contribution in [0.4, 0.5) is 5.69 Å². The minimum atomic E-state index is -0.459. The number of amides is 1. The number of benzene rings is 1. The highest BCUT2D eigenvalue weighted by Crippen LogP contribution is 2.22. The van der Waals surface area contributed by atoms with Crippen LogP contribution in [0.3, 0.4) is 0 Å². The molecule has 0 radical (unpaired) electrons. The van der Waals surface area contributed by atoms with Crippen LogP contribution in [0.15, 0.2) is 28.8 Å². The maximum absolute atomic E-state index is 12.3. The first-order valence-corrected chi connectivity index (χ1v) is 8.60. The molecule has 1 aromatic heterocycles. The van der Waals surface area contributed by atoms with E-state index in [1.165, 1.54) is 5.56 Å². The van der Waals surface area contributed by atoms with Crippen LogP contribution in [0, 0.1) is 26.7 Å². The Hall–Kier alpha value is -2.18. The van der Waals surface area contributed by atoms with Crippen molar-refractivity contribution in [3.8, 4) is 0 Å². The fraction of sp³-hybridized carbons (Fsp3) is 0.474. The molecule has 1 aliphatic heterocycles. The second-order valence-corrected chi connectivity index (χ2v) is 7.03. The molecular formula is C19H25N3O3. The molecule has 2 atom stereocenters. The van der Waals surface area contributed by atoms with Crippen molar-refractivity contribution in [1.82, 2.24) is 10.1 Å². The molecule has 25 heavy (non-hydrogen) atoms. The average Bonchev–Trinajstić information content (AvgIpc) is 3.08. The highest BCUT2D eigenvalue weighted by atomic mass is 16.5. The van der Waals surface area contributed by atoms with Crippen LogP contribution in [0.1, 0.15) is 22.6 Å². The van der Waals surface area contributed by atoms with Gasteiger partial charge in [-0.15, -0.1) is 0 Å². The highest BCUT2D eigenvalue weighted by Gasteiger charge is 2.33. The molecule has 0 unspecified atom stereocenters. The predicted molar refractivity (Wildman–Crippen MR) is 95.4 cm³/mol. The van der Waals surface area contributed by atoms with Gasteiger partial charge in [0, 0.05) is 37.2 Å². The van der Waals surface area contributed by atoms with Crippen molar-refractivity contribution in [2.24, 2.45) is 5.92 Å². The monoisotopic (exact) mass is 343 g/mol. The van der Waals surface area contributed by atoms with E-state index in [-0.39, 0.29) is 18.4 Å². The maximum Gasteiger partial charge on any atom is 0.238 e. The van der Waals surface area contributed by atoms with Crippen molar-refractivity contribution in [3.63, 3.8) is 0 Å². The Morgan fingerprint density at radius 3 is 2.80 bits per heavy atom. The van der Waals surface area contributed by atoms with E-state index >= 15 is 0 Å². The summed E-state index contributed by atoms with van der Waals surface area (Å²) < 4.78 is 5.23. The molecule has 2 heterocycles. The number of hydrogen-bond donors (Lipinski definition) is 2. The molecule has 0 bridgehead atoms. The summed E-state index contributed by atoms with van der Waals surface area (Å²) >= 11 is 0. The van der Waals surface area contributed by atoms with Crippen LogP contribution in [-0.4, -0.2) is 46.8 Å². The maximum atomic E-state index is 12.3. The Kier molecular flexibility index (Phi) is 5.20. The molecule has 2 aromatic rings. The van der Waals surface area contributed by atoms with E-state index in [0.717, 1.165) is 22.7 Å². The molecule has 1 fully saturated rings. The fourth-order valence-corrected chi connectivity index (χ4v) is 3.39. The van der Waals surface area contributed by atoms with Crippen LogP contribution < -0.4 is 5.32 Å². The minimum absolute atomic E-state index is 0.0567. The van der Waals surface area contributed by atoms with Gasteiger partial charge in [0.2, 0.25) is 5.91 Å². The van der Waals surface area contributed by atoms with Gasteiger partial charge in [0.15, 0.2) is 0 Å². The number of nitrogens with zero attached hydrogens (tertiary/aromatic N) is 2. The Labute approximate surface area is 147 Å². The van der Waals surface area contributed by atoms with Gasteiger partial charge in [-0.2, -0.15) is 0 Å². The number of aliphatic hydroxyl groups is 1. The van der Waals surface area contributed by atoms with E-state index in [0.29, 0.717) is 19.5 Å². The average molecular weight is 343 g/mol. The number of likely N-dealkylation sites (tertiary alicyclic amines) is 1. The zero-order valence-electron chi connectivity index (χ0n) is 15.0. The molecule has 2 N–H and O–H groups in total. The summed E-state index contributed by atoms with van der Waals surface area (Å²) in [7, 11) is 0. The van der Waals surface area contributed by atoms with Gasteiger partial charge in [0.25, 0.3) is 0 Å². The number of aryl methyl sites for hydroxylation is 3. The normalized spacial score (nSPS) is 20.8. The number of aliphatic hydroxyl groups excluding tert-OH is 1. The van der Waals surface area contributed by atoms with Gasteiger partial charge < -0.3 is 14.9 Å². The van der Waals surface area contributed by atoms with Crippen molar-refractivity contribution in [3.05, 3.63) is 46.8 Å². The number of carbonyl (C=O) groups excluding carboxylic acids is 1. The molecular weight excluding hydrogens is 318 g/mol. The van der Waals surface area contributed by atoms with Crippen molar-refractivity contribution >= 4 is 11.6 Å². The largest absolute Gasteiger partial charge is 0.391 e. The van der Waals surface area contributed by atoms with Crippen LogP contribution in [-0.2, 0) is 11.2 Å². The van der Waals surface area contributed by atoms with Gasteiger partial charge in [-0.25, -0.2) is 0 Å². The van der Waals surface area contributed by atoms with E-state index in [1.807, 2.05) is 49.9 Å². The molecule has 1 saturated heterocycles. The van der Waals surface area contributed by atoms with Crippen molar-refractivity contribution in [2.75, 3.05) is 25.0 Å². The molecule has 134 valence electrons. The Morgan fingerprint density at radius 2 is 2.12 bits per heavy atom. The van der Waals surface area contributed by atoms with Gasteiger partial charge in [0.05, 0.1) is 18.3 Å². The highest BCUT2D eigenvalue weighted by molar-refractivity contribution is 5.93. The Balaban J connectivity index is 1.53. The van der Waals surface area contributed by atoms with Crippen molar-refractivity contribution in [2.45, 2.75) is 33.3 Å². The second kappa shape index (κ2) is 7.37. The lowest BCUT2D eigenvalue weighted by Crippen LogP contribution is -2.32. The third kappa shape index (κ3) is 4.46. The van der Waals surface area contributed by atoms with Gasteiger partial charge in [-0.1, -0.05) is 22.9 Å². The zero-order valence-corrected chi connectivity index (χ0v) is 15.0. The van der Waals surface area contributed by atoms with E-state index in [1.54, 1.807) is 0 Å². The minimum Gasteiger partial charge on any atom is -0.391 e. The quantitative estimate of drug-likeness (QED) is 0.869. The Morgan fingerprint density at radius 1 is 1.32 bits per heavy atom. The number of rotatable bonds is 5. The van der Waals surface area contributed by atoms with Crippen LogP contribution >= 0.6 is 0 Å². The molecule has 1 aromatic carbocycles. The Bertz CT molecular complexity index is 756. The third-order valence-corrected chi connectivity index (χ3v) is 4.65. The number of β-amino-alcohol motifs (C(OH)–C–C–N with tert-alkyl or cyclic N) is 1. The van der Waals surface area contributed by atoms with Gasteiger partial charge in [-0.05, 0) is 32.4 Å². The SMILES string of the molecule is Cc1ccc(NC(=O)CN2C[C@@H](Cc3cc(C)no3)[C@H](O)C2)c(C)c1. The number of anilines is 1. The van der Waals surface area contributed by atoms with E-state index in [2.05, 4.69) is 10.5 Å². The number of aromatic nitrogens is 1. The topological polar surface area (TPSA) is 78.6 Å². The van der Waals surface area contributed by atoms with Gasteiger partial charge in [-0.3, -0.25) is 9.69 Å². The summed E-state index contributed by atoms with van der Waals surface area (Å²) in [5, 5.41) is 17.1. The molecule has 0 spiro atoms. The smallest absolute Gasteiger partial charge is 0.238 e. The molecule has 0 aliphatic carbocycles. The molecule has 3 rings (SSSR count). The fourth-order valence-electron chi connectivity index (χ4n) is 3.39. The molecule has 6 nitrogen and oxygen atoms in total. The van der Waals surface area contributed by atoms with E-state index in [9.17, 15) is 9.90 Å². The van der Waals surface area contributed by atoms with Crippen LogP contribution in [0.25, 0.3) is 0 Å². The summed E-state index contributed by atoms with van der Waals surface area (Å²) in [5.74, 6) is 0.778. The van der Waals surface area contributed by atoms with E-state index < -0.39 is 6.10 Å².